The summed E-state index contributed by atoms with van der Waals surface area (Å²) in [5.74, 6) is -0.784. The Morgan fingerprint density at radius 3 is 2.35 bits per heavy atom. The van der Waals surface area contributed by atoms with Crippen LogP contribution in [0, 0.1) is 12.3 Å². The lowest BCUT2D eigenvalue weighted by Crippen LogP contribution is -2.45. The van der Waals surface area contributed by atoms with E-state index in [1.807, 2.05) is 0 Å². The van der Waals surface area contributed by atoms with E-state index >= 15 is 0 Å². The lowest BCUT2D eigenvalue weighted by Gasteiger charge is -2.22. The summed E-state index contributed by atoms with van der Waals surface area (Å²) in [4.78, 5) is 43.5. The summed E-state index contributed by atoms with van der Waals surface area (Å²) in [5, 5.41) is 10.7. The van der Waals surface area contributed by atoms with Crippen molar-refractivity contribution < 1.29 is 23.9 Å². The fourth-order valence-corrected chi connectivity index (χ4v) is 3.50. The molecule has 0 aliphatic carbocycles. The number of nitrogens with two attached hydrogens (primary N) is 1. The maximum absolute atomic E-state index is 13.4. The lowest BCUT2D eigenvalue weighted by molar-refractivity contribution is -0.130. The molecule has 3 rings (SSSR count). The van der Waals surface area contributed by atoms with Crippen LogP contribution < -0.4 is 31.4 Å². The monoisotopic (exact) mass is 547 g/mol. The highest BCUT2D eigenvalue weighted by molar-refractivity contribution is 5.96. The van der Waals surface area contributed by atoms with Crippen LogP contribution >= 0.6 is 0 Å². The molecule has 1 aromatic heterocycles. The van der Waals surface area contributed by atoms with Gasteiger partial charge >= 0.3 is 0 Å². The molecule has 0 saturated heterocycles. The molecule has 1 atom stereocenters. The second kappa shape index (κ2) is 13.6. The number of amidine groups is 1. The van der Waals surface area contributed by atoms with E-state index in [0.29, 0.717) is 40.6 Å². The summed E-state index contributed by atoms with van der Waals surface area (Å²) in [6, 6.07) is 15.5. The molecule has 40 heavy (non-hydrogen) atoms. The number of ether oxygens (including phenoxy) is 2. The number of hydrazine groups is 1. The third-order valence-electron chi connectivity index (χ3n) is 5.64. The predicted octanol–water partition coefficient (Wildman–Crippen LogP) is 2.15. The minimum atomic E-state index is -0.995. The zero-order valence-electron chi connectivity index (χ0n) is 22.8. The van der Waals surface area contributed by atoms with Gasteiger partial charge < -0.3 is 25.4 Å². The predicted molar refractivity (Wildman–Crippen MR) is 150 cm³/mol. The third kappa shape index (κ3) is 7.93. The average Bonchev–Trinajstić information content (AvgIpc) is 2.93. The van der Waals surface area contributed by atoms with Crippen molar-refractivity contribution in [2.45, 2.75) is 19.9 Å². The molecule has 0 fully saturated rings. The first kappa shape index (κ1) is 29.4. The molecule has 1 heterocycles. The minimum absolute atomic E-state index is 0.0852. The second-order valence-corrected chi connectivity index (χ2v) is 8.89. The number of nitrogens with zero attached hydrogens (tertiary/aromatic N) is 2. The molecule has 3 amide bonds. The molecule has 12 heteroatoms. The summed E-state index contributed by atoms with van der Waals surface area (Å²) in [6.07, 6.45) is 0. The van der Waals surface area contributed by atoms with Gasteiger partial charge in [-0.15, -0.1) is 0 Å². The molecule has 12 nitrogen and oxygen atoms in total. The van der Waals surface area contributed by atoms with Gasteiger partial charge in [-0.2, -0.15) is 0 Å². The Bertz CT molecular complexity index is 1380. The largest absolute Gasteiger partial charge is 0.490 e. The van der Waals surface area contributed by atoms with Crippen molar-refractivity contribution in [1.29, 1.82) is 5.41 Å². The molecule has 0 radical (unpaired) electrons. The quantitative estimate of drug-likeness (QED) is 0.138. The number of amides is 3. The number of aryl methyl sites for hydroxylation is 1. The molecule has 0 spiro atoms. The topological polar surface area (TPSA) is 172 Å². The van der Waals surface area contributed by atoms with Gasteiger partial charge in [0.25, 0.3) is 17.7 Å². The minimum Gasteiger partial charge on any atom is -0.490 e. The van der Waals surface area contributed by atoms with E-state index in [1.54, 1.807) is 82.5 Å². The smallest absolute Gasteiger partial charge is 0.288 e. The standard InChI is InChI=1S/C28H33N7O5/c1-5-39-23-15-19(11-14-22(23)40-16-24(36)35(3)4)25(32-20-12-9-18(10-13-20)26(29)30)28(38)34-33-27(37)21-8-6-7-17(2)31-21/h6-15,25,32H,5,16H2,1-4H3,(H3,29,30)(H,33,37)(H,34,38). The van der Waals surface area contributed by atoms with Crippen LogP contribution in [-0.2, 0) is 9.59 Å². The number of nitrogen functional groups attached to an aromatic ring is 1. The Balaban J connectivity index is 1.88. The molecule has 0 saturated carbocycles. The van der Waals surface area contributed by atoms with E-state index in [9.17, 15) is 14.4 Å². The van der Waals surface area contributed by atoms with Crippen LogP contribution in [0.3, 0.4) is 0 Å². The molecule has 0 bridgehead atoms. The summed E-state index contributed by atoms with van der Waals surface area (Å²) in [6.45, 7) is 3.69. The average molecular weight is 548 g/mol. The Morgan fingerprint density at radius 2 is 1.73 bits per heavy atom. The first-order valence-corrected chi connectivity index (χ1v) is 12.4. The number of aromatic nitrogens is 1. The van der Waals surface area contributed by atoms with Crippen molar-refractivity contribution >= 4 is 29.2 Å². The van der Waals surface area contributed by atoms with Gasteiger partial charge in [0, 0.05) is 31.0 Å². The van der Waals surface area contributed by atoms with Gasteiger partial charge in [-0.3, -0.25) is 30.6 Å². The van der Waals surface area contributed by atoms with Crippen molar-refractivity contribution in [3.8, 4) is 11.5 Å². The molecule has 6 N–H and O–H groups in total. The molecule has 2 aromatic carbocycles. The maximum atomic E-state index is 13.4. The number of carbonyl (C=O) groups excluding carboxylic acids is 3. The molecule has 0 aliphatic heterocycles. The second-order valence-electron chi connectivity index (χ2n) is 8.89. The Morgan fingerprint density at radius 1 is 1.00 bits per heavy atom. The highest BCUT2D eigenvalue weighted by atomic mass is 16.5. The number of rotatable bonds is 11. The summed E-state index contributed by atoms with van der Waals surface area (Å²) in [7, 11) is 3.26. The number of nitrogens with one attached hydrogen (secondary N) is 4. The highest BCUT2D eigenvalue weighted by Crippen LogP contribution is 2.32. The first-order chi connectivity index (χ1) is 19.1. The van der Waals surface area contributed by atoms with E-state index in [0.717, 1.165) is 0 Å². The van der Waals surface area contributed by atoms with Crippen molar-refractivity contribution in [3.63, 3.8) is 0 Å². The maximum Gasteiger partial charge on any atom is 0.288 e. The van der Waals surface area contributed by atoms with Gasteiger partial charge in [0.15, 0.2) is 18.1 Å². The molecular formula is C28H33N7O5. The molecule has 1 unspecified atom stereocenters. The van der Waals surface area contributed by atoms with Crippen molar-refractivity contribution in [3.05, 3.63) is 83.2 Å². The Hall–Kier alpha value is -5.13. The number of benzene rings is 2. The highest BCUT2D eigenvalue weighted by Gasteiger charge is 2.24. The van der Waals surface area contributed by atoms with E-state index in [-0.39, 0.29) is 24.0 Å². The van der Waals surface area contributed by atoms with Gasteiger partial charge in [-0.05, 0) is 67.9 Å². The van der Waals surface area contributed by atoms with Crippen LogP contribution in [0.25, 0.3) is 0 Å². The summed E-state index contributed by atoms with van der Waals surface area (Å²) in [5.41, 5.74) is 12.8. The molecular weight excluding hydrogens is 514 g/mol. The van der Waals surface area contributed by atoms with Crippen molar-refractivity contribution in [1.82, 2.24) is 20.7 Å². The van der Waals surface area contributed by atoms with Gasteiger partial charge in [-0.25, -0.2) is 4.98 Å². The number of anilines is 1. The fraction of sp³-hybridized carbons (Fsp3) is 0.250. The lowest BCUT2D eigenvalue weighted by atomic mass is 10.0. The molecule has 3 aromatic rings. The van der Waals surface area contributed by atoms with Gasteiger partial charge in [0.05, 0.1) is 6.61 Å². The number of carbonyl (C=O) groups is 3. The Labute approximate surface area is 232 Å². The van der Waals surface area contributed by atoms with Crippen LogP contribution in [0.1, 0.15) is 40.3 Å². The number of hydrogen-bond acceptors (Lipinski definition) is 8. The summed E-state index contributed by atoms with van der Waals surface area (Å²) < 4.78 is 11.4. The number of likely N-dealkylation sites (N-methyl/N-ethyl adjacent to an activating group) is 1. The Kier molecular flexibility index (Phi) is 10.0. The van der Waals surface area contributed by atoms with Gasteiger partial charge in [0.2, 0.25) is 0 Å². The molecule has 210 valence electrons. The summed E-state index contributed by atoms with van der Waals surface area (Å²) >= 11 is 0. The van der Waals surface area contributed by atoms with Gasteiger partial charge in [0.1, 0.15) is 17.6 Å². The van der Waals surface area contributed by atoms with E-state index in [4.69, 9.17) is 20.6 Å². The van der Waals surface area contributed by atoms with Crippen LogP contribution in [0.4, 0.5) is 5.69 Å². The number of hydrogen-bond donors (Lipinski definition) is 5. The van der Waals surface area contributed by atoms with Crippen molar-refractivity contribution in [2.75, 3.05) is 32.6 Å². The first-order valence-electron chi connectivity index (χ1n) is 12.4. The fourth-order valence-electron chi connectivity index (χ4n) is 3.50. The van der Waals surface area contributed by atoms with E-state index < -0.39 is 17.9 Å². The SMILES string of the molecule is CCOc1cc(C(Nc2ccc(C(=N)N)cc2)C(=O)NNC(=O)c2cccc(C)n2)ccc1OCC(=O)N(C)C. The zero-order valence-corrected chi connectivity index (χ0v) is 22.8. The molecule has 0 aliphatic rings. The third-order valence-corrected chi connectivity index (χ3v) is 5.64. The van der Waals surface area contributed by atoms with Crippen LogP contribution in [0.5, 0.6) is 11.5 Å². The van der Waals surface area contributed by atoms with E-state index in [1.165, 1.54) is 11.0 Å². The number of pyridine rings is 1. The zero-order chi connectivity index (χ0) is 29.2. The van der Waals surface area contributed by atoms with Crippen LogP contribution in [-0.4, -0.2) is 60.8 Å². The van der Waals surface area contributed by atoms with Crippen LogP contribution in [0.15, 0.2) is 60.7 Å². The van der Waals surface area contributed by atoms with Crippen LogP contribution in [0.2, 0.25) is 0 Å². The van der Waals surface area contributed by atoms with Crippen molar-refractivity contribution in [2.24, 2.45) is 5.73 Å². The van der Waals surface area contributed by atoms with E-state index in [2.05, 4.69) is 21.2 Å². The van der Waals surface area contributed by atoms with Gasteiger partial charge in [-0.1, -0.05) is 12.1 Å². The normalized spacial score (nSPS) is 11.1.